The smallest absolute Gasteiger partial charge is 0.408 e. The van der Waals surface area contributed by atoms with Crippen molar-refractivity contribution < 1.29 is 37.1 Å². The minimum absolute atomic E-state index is 0.0702. The summed E-state index contributed by atoms with van der Waals surface area (Å²) >= 11 is 0. The number of aldehydes is 1. The lowest BCUT2D eigenvalue weighted by molar-refractivity contribution is -0.132. The average molecular weight is 621 g/mol. The number of ether oxygens (including phenoxy) is 2. The zero-order chi connectivity index (χ0) is 30.8. The van der Waals surface area contributed by atoms with Crippen LogP contribution in [-0.2, 0) is 35.7 Å². The number of amides is 3. The molecule has 43 heavy (non-hydrogen) atoms. The van der Waals surface area contributed by atoms with E-state index in [1.807, 2.05) is 24.3 Å². The third-order valence-electron chi connectivity index (χ3n) is 8.51. The molecule has 0 radical (unpaired) electrons. The number of fused-ring (bicyclic) bond motifs is 1. The molecule has 0 aromatic heterocycles. The molecular weight excluding hydrogens is 576 g/mol. The Morgan fingerprint density at radius 2 is 1.77 bits per heavy atom. The minimum Gasteiger partial charge on any atom is -0.491 e. The van der Waals surface area contributed by atoms with E-state index in [9.17, 15) is 27.6 Å². The predicted octanol–water partition coefficient (Wildman–Crippen LogP) is 2.36. The Kier molecular flexibility index (Phi) is 11.8. The van der Waals surface area contributed by atoms with Crippen LogP contribution in [0.25, 0.3) is 0 Å². The number of carbonyl (C=O) groups is 4. The van der Waals surface area contributed by atoms with E-state index < -0.39 is 40.2 Å². The lowest BCUT2D eigenvalue weighted by atomic mass is 9.84. The van der Waals surface area contributed by atoms with Crippen LogP contribution in [0, 0.1) is 5.92 Å². The van der Waals surface area contributed by atoms with Gasteiger partial charge in [0, 0.05) is 31.6 Å². The minimum atomic E-state index is -3.30. The standard InChI is InChI=1S/C30H44N4O8S/c1-43(39,40)34-15-13-25(14-16-34)42-30(38)32-26(19-22-7-3-2-4-8-22)29(37)31-24(21-35)11-12-28(36)33-17-18-41-27-10-6-5-9-23(27)20-33/h5-6,9-10,21-22,24-26H,2-4,7-8,11-20H2,1H3,(H,31,37)(H,32,38)/t24-,26-/m0/s1. The van der Waals surface area contributed by atoms with Gasteiger partial charge < -0.3 is 29.8 Å². The van der Waals surface area contributed by atoms with Crippen molar-refractivity contribution in [2.24, 2.45) is 5.92 Å². The molecule has 238 valence electrons. The SMILES string of the molecule is CS(=O)(=O)N1CCC(OC(=O)N[C@@H](CC2CCCCC2)C(=O)N[C@H](C=O)CCC(=O)N2CCOc3ccccc3C2)CC1. The molecule has 0 bridgehead atoms. The van der Waals surface area contributed by atoms with Crippen molar-refractivity contribution in [3.8, 4) is 5.75 Å². The van der Waals surface area contributed by atoms with Gasteiger partial charge in [0.15, 0.2) is 0 Å². The molecule has 0 spiro atoms. The number of hydrogen-bond donors (Lipinski definition) is 2. The average Bonchev–Trinajstić information content (AvgIpc) is 3.22. The highest BCUT2D eigenvalue weighted by Crippen LogP contribution is 2.28. The Morgan fingerprint density at radius 3 is 2.47 bits per heavy atom. The van der Waals surface area contributed by atoms with Gasteiger partial charge in [-0.05, 0) is 37.7 Å². The zero-order valence-corrected chi connectivity index (χ0v) is 25.7. The van der Waals surface area contributed by atoms with Crippen LogP contribution in [0.15, 0.2) is 24.3 Å². The van der Waals surface area contributed by atoms with Crippen molar-refractivity contribution in [1.29, 1.82) is 0 Å². The van der Waals surface area contributed by atoms with E-state index in [2.05, 4.69) is 10.6 Å². The van der Waals surface area contributed by atoms with Crippen LogP contribution in [0.5, 0.6) is 5.75 Å². The van der Waals surface area contributed by atoms with Crippen LogP contribution in [0.1, 0.15) is 69.8 Å². The summed E-state index contributed by atoms with van der Waals surface area (Å²) in [6, 6.07) is 5.77. The second kappa shape index (κ2) is 15.5. The third-order valence-corrected chi connectivity index (χ3v) is 9.82. The maximum Gasteiger partial charge on any atom is 0.408 e. The van der Waals surface area contributed by atoms with Gasteiger partial charge in [0.2, 0.25) is 21.8 Å². The molecule has 2 atom stereocenters. The van der Waals surface area contributed by atoms with E-state index in [1.54, 1.807) is 4.90 Å². The van der Waals surface area contributed by atoms with E-state index in [4.69, 9.17) is 9.47 Å². The first-order valence-corrected chi connectivity index (χ1v) is 17.1. The largest absolute Gasteiger partial charge is 0.491 e. The molecule has 2 N–H and O–H groups in total. The van der Waals surface area contributed by atoms with Crippen molar-refractivity contribution in [3.05, 3.63) is 29.8 Å². The van der Waals surface area contributed by atoms with Crippen molar-refractivity contribution in [3.63, 3.8) is 0 Å². The number of rotatable bonds is 11. The predicted molar refractivity (Wildman–Crippen MR) is 159 cm³/mol. The summed E-state index contributed by atoms with van der Waals surface area (Å²) in [6.45, 7) is 1.74. The van der Waals surface area contributed by atoms with Gasteiger partial charge in [-0.1, -0.05) is 50.3 Å². The van der Waals surface area contributed by atoms with E-state index in [-0.39, 0.29) is 37.8 Å². The van der Waals surface area contributed by atoms with E-state index >= 15 is 0 Å². The number of nitrogens with zero attached hydrogens (tertiary/aromatic N) is 2. The molecular formula is C30H44N4O8S. The second-order valence-corrected chi connectivity index (χ2v) is 13.7. The first kappa shape index (κ1) is 32.7. The lowest BCUT2D eigenvalue weighted by Crippen LogP contribution is -2.52. The molecule has 3 aliphatic rings. The molecule has 1 saturated carbocycles. The summed E-state index contributed by atoms with van der Waals surface area (Å²) in [4.78, 5) is 52.8. The third kappa shape index (κ3) is 9.92. The number of hydrogen-bond acceptors (Lipinski definition) is 8. The van der Waals surface area contributed by atoms with Crippen LogP contribution in [-0.4, -0.2) is 92.5 Å². The van der Waals surface area contributed by atoms with Gasteiger partial charge in [-0.15, -0.1) is 0 Å². The van der Waals surface area contributed by atoms with Gasteiger partial charge in [0.25, 0.3) is 0 Å². The molecule has 1 aromatic rings. The maximum atomic E-state index is 13.4. The molecule has 3 amide bonds. The molecule has 13 heteroatoms. The number of sulfonamides is 1. The van der Waals surface area contributed by atoms with Gasteiger partial charge in [-0.2, -0.15) is 0 Å². The number of para-hydroxylation sites is 1. The molecule has 1 aliphatic carbocycles. The zero-order valence-electron chi connectivity index (χ0n) is 24.9. The summed E-state index contributed by atoms with van der Waals surface area (Å²) in [5, 5.41) is 5.43. The fraction of sp³-hybridized carbons (Fsp3) is 0.667. The normalized spacial score (nSPS) is 20.1. The number of benzene rings is 1. The van der Waals surface area contributed by atoms with Crippen LogP contribution < -0.4 is 15.4 Å². The van der Waals surface area contributed by atoms with Crippen molar-refractivity contribution in [2.75, 3.05) is 32.5 Å². The Bertz CT molecular complexity index is 1230. The van der Waals surface area contributed by atoms with Gasteiger partial charge in [-0.3, -0.25) is 9.59 Å². The van der Waals surface area contributed by atoms with Crippen molar-refractivity contribution in [1.82, 2.24) is 19.8 Å². The van der Waals surface area contributed by atoms with Crippen LogP contribution in [0.4, 0.5) is 4.79 Å². The second-order valence-electron chi connectivity index (χ2n) is 11.8. The van der Waals surface area contributed by atoms with E-state index in [0.717, 1.165) is 49.7 Å². The fourth-order valence-corrected chi connectivity index (χ4v) is 6.90. The number of carbonyl (C=O) groups excluding carboxylic acids is 4. The summed E-state index contributed by atoms with van der Waals surface area (Å²) in [7, 11) is -3.30. The maximum absolute atomic E-state index is 13.4. The quantitative estimate of drug-likeness (QED) is 0.358. The molecule has 4 rings (SSSR count). The van der Waals surface area contributed by atoms with Gasteiger partial charge in [0.1, 0.15) is 30.8 Å². The summed E-state index contributed by atoms with van der Waals surface area (Å²) in [5.74, 6) is 0.386. The fourth-order valence-electron chi connectivity index (χ4n) is 6.03. The Balaban J connectivity index is 1.30. The molecule has 2 aliphatic heterocycles. The molecule has 1 saturated heterocycles. The van der Waals surface area contributed by atoms with Crippen LogP contribution in [0.2, 0.25) is 0 Å². The summed E-state index contributed by atoms with van der Waals surface area (Å²) in [6.07, 6.45) is 7.13. The molecule has 0 unspecified atom stereocenters. The number of alkyl carbamates (subject to hydrolysis) is 1. The lowest BCUT2D eigenvalue weighted by Gasteiger charge is -2.31. The Hall–Kier alpha value is -3.19. The van der Waals surface area contributed by atoms with Gasteiger partial charge >= 0.3 is 6.09 Å². The summed E-state index contributed by atoms with van der Waals surface area (Å²) in [5.41, 5.74) is 0.915. The van der Waals surface area contributed by atoms with Crippen LogP contribution in [0.3, 0.4) is 0 Å². The Labute approximate surface area is 253 Å². The van der Waals surface area contributed by atoms with E-state index in [1.165, 1.54) is 4.31 Å². The highest BCUT2D eigenvalue weighted by Gasteiger charge is 2.31. The topological polar surface area (TPSA) is 151 Å². The Morgan fingerprint density at radius 1 is 1.05 bits per heavy atom. The van der Waals surface area contributed by atoms with Gasteiger partial charge in [-0.25, -0.2) is 17.5 Å². The van der Waals surface area contributed by atoms with Crippen molar-refractivity contribution in [2.45, 2.75) is 88.9 Å². The van der Waals surface area contributed by atoms with Crippen molar-refractivity contribution >= 4 is 34.2 Å². The first-order chi connectivity index (χ1) is 20.6. The molecule has 1 aromatic carbocycles. The number of nitrogens with one attached hydrogen (secondary N) is 2. The first-order valence-electron chi connectivity index (χ1n) is 15.3. The highest BCUT2D eigenvalue weighted by atomic mass is 32.2. The molecule has 2 fully saturated rings. The summed E-state index contributed by atoms with van der Waals surface area (Å²) < 4.78 is 36.2. The molecule has 2 heterocycles. The van der Waals surface area contributed by atoms with Gasteiger partial charge in [0.05, 0.1) is 18.8 Å². The van der Waals surface area contributed by atoms with E-state index in [0.29, 0.717) is 45.2 Å². The molecule has 12 nitrogen and oxygen atoms in total. The number of piperidine rings is 1. The van der Waals surface area contributed by atoms with Crippen LogP contribution >= 0.6 is 0 Å². The monoisotopic (exact) mass is 620 g/mol. The highest BCUT2D eigenvalue weighted by molar-refractivity contribution is 7.88.